The van der Waals surface area contributed by atoms with Crippen LogP contribution in [0.25, 0.3) is 5.69 Å². The maximum absolute atomic E-state index is 8.93. The van der Waals surface area contributed by atoms with Gasteiger partial charge in [0.2, 0.25) is 4.77 Å². The molecular formula is C20H21N5S. The van der Waals surface area contributed by atoms with Gasteiger partial charge in [-0.15, -0.1) is 0 Å². The maximum Gasteiger partial charge on any atom is 0.203 e. The predicted octanol–water partition coefficient (Wildman–Crippen LogP) is 4.14. The fourth-order valence-corrected chi connectivity index (χ4v) is 3.11. The van der Waals surface area contributed by atoms with Gasteiger partial charge in [0.25, 0.3) is 0 Å². The Hall–Kier alpha value is -2.75. The molecule has 26 heavy (non-hydrogen) atoms. The van der Waals surface area contributed by atoms with E-state index < -0.39 is 0 Å². The number of para-hydroxylation sites is 1. The van der Waals surface area contributed by atoms with Crippen LogP contribution in [0.3, 0.4) is 0 Å². The molecule has 0 spiro atoms. The van der Waals surface area contributed by atoms with Gasteiger partial charge in [0, 0.05) is 12.2 Å². The van der Waals surface area contributed by atoms with E-state index in [-0.39, 0.29) is 0 Å². The van der Waals surface area contributed by atoms with E-state index in [4.69, 9.17) is 17.5 Å². The Labute approximate surface area is 158 Å². The van der Waals surface area contributed by atoms with Crippen molar-refractivity contribution in [2.45, 2.75) is 26.6 Å². The first kappa shape index (κ1) is 18.1. The van der Waals surface area contributed by atoms with E-state index in [1.54, 1.807) is 6.33 Å². The minimum absolute atomic E-state index is 0.631. The molecule has 3 rings (SSSR count). The molecule has 5 nitrogen and oxygen atoms in total. The van der Waals surface area contributed by atoms with Gasteiger partial charge in [-0.2, -0.15) is 10.4 Å². The number of nitriles is 1. The number of aromatic nitrogens is 3. The monoisotopic (exact) mass is 363 g/mol. The van der Waals surface area contributed by atoms with E-state index in [9.17, 15) is 0 Å². The molecule has 0 saturated heterocycles. The summed E-state index contributed by atoms with van der Waals surface area (Å²) >= 11 is 5.61. The zero-order valence-corrected chi connectivity index (χ0v) is 15.6. The first-order chi connectivity index (χ1) is 12.7. The molecule has 0 bridgehead atoms. The van der Waals surface area contributed by atoms with E-state index in [0.717, 1.165) is 25.2 Å². The van der Waals surface area contributed by atoms with Gasteiger partial charge in [-0.05, 0) is 55.0 Å². The first-order valence-corrected chi connectivity index (χ1v) is 9.03. The van der Waals surface area contributed by atoms with Gasteiger partial charge < -0.3 is 0 Å². The van der Waals surface area contributed by atoms with E-state index in [0.29, 0.717) is 17.0 Å². The predicted molar refractivity (Wildman–Crippen MR) is 104 cm³/mol. The Kier molecular flexibility index (Phi) is 5.95. The number of hydrogen-bond donors (Lipinski definition) is 0. The van der Waals surface area contributed by atoms with Crippen LogP contribution < -0.4 is 0 Å². The lowest BCUT2D eigenvalue weighted by atomic mass is 10.1. The fraction of sp³-hybridized carbons (Fsp3) is 0.250. The van der Waals surface area contributed by atoms with E-state index >= 15 is 0 Å². The van der Waals surface area contributed by atoms with Gasteiger partial charge in [0.05, 0.1) is 18.3 Å². The van der Waals surface area contributed by atoms with Crippen molar-refractivity contribution >= 4 is 12.2 Å². The van der Waals surface area contributed by atoms with Crippen LogP contribution in [-0.4, -0.2) is 25.8 Å². The quantitative estimate of drug-likeness (QED) is 0.592. The topological polar surface area (TPSA) is 49.8 Å². The lowest BCUT2D eigenvalue weighted by Gasteiger charge is -2.21. The molecule has 0 N–H and O–H groups in total. The van der Waals surface area contributed by atoms with Crippen LogP contribution in [0.4, 0.5) is 0 Å². The highest BCUT2D eigenvalue weighted by molar-refractivity contribution is 7.71. The van der Waals surface area contributed by atoms with Crippen LogP contribution in [0.2, 0.25) is 0 Å². The molecule has 132 valence electrons. The zero-order chi connectivity index (χ0) is 18.4. The summed E-state index contributed by atoms with van der Waals surface area (Å²) in [5, 5.41) is 13.4. The molecule has 0 amide bonds. The van der Waals surface area contributed by atoms with Crippen molar-refractivity contribution in [1.29, 1.82) is 5.26 Å². The summed E-state index contributed by atoms with van der Waals surface area (Å²) in [5.74, 6) is 0. The van der Waals surface area contributed by atoms with E-state index in [2.05, 4.69) is 23.0 Å². The summed E-state index contributed by atoms with van der Waals surface area (Å²) in [6, 6.07) is 19.9. The number of rotatable bonds is 7. The summed E-state index contributed by atoms with van der Waals surface area (Å²) < 4.78 is 4.44. The van der Waals surface area contributed by atoms with Crippen molar-refractivity contribution in [2.24, 2.45) is 0 Å². The molecule has 0 unspecified atom stereocenters. The van der Waals surface area contributed by atoms with Gasteiger partial charge in [-0.3, -0.25) is 9.47 Å². The Balaban J connectivity index is 1.77. The fourth-order valence-electron chi connectivity index (χ4n) is 2.85. The van der Waals surface area contributed by atoms with Crippen molar-refractivity contribution in [3.63, 3.8) is 0 Å². The van der Waals surface area contributed by atoms with Gasteiger partial charge in [-0.25, -0.2) is 4.68 Å². The second kappa shape index (κ2) is 8.56. The molecule has 2 aromatic carbocycles. The smallest absolute Gasteiger partial charge is 0.203 e. The molecule has 0 aliphatic carbocycles. The van der Waals surface area contributed by atoms with Crippen LogP contribution in [0.5, 0.6) is 0 Å². The van der Waals surface area contributed by atoms with Crippen LogP contribution >= 0.6 is 12.2 Å². The molecule has 0 aliphatic rings. The molecule has 0 fully saturated rings. The molecule has 0 saturated carbocycles. The molecule has 3 aromatic rings. The third-order valence-corrected chi connectivity index (χ3v) is 4.54. The third kappa shape index (κ3) is 4.26. The highest BCUT2D eigenvalue weighted by Gasteiger charge is 2.10. The van der Waals surface area contributed by atoms with E-state index in [1.807, 2.05) is 63.8 Å². The molecule has 0 aliphatic heterocycles. The van der Waals surface area contributed by atoms with Gasteiger partial charge >= 0.3 is 0 Å². The number of hydrogen-bond acceptors (Lipinski definition) is 4. The Bertz CT molecular complexity index is 935. The van der Waals surface area contributed by atoms with Crippen molar-refractivity contribution in [1.82, 2.24) is 19.2 Å². The highest BCUT2D eigenvalue weighted by Crippen LogP contribution is 2.11. The SMILES string of the molecule is CCCN(Cc1ccc(C#N)cc1)Cn1ncn(-c2ccccc2)c1=S. The molecule has 0 radical (unpaired) electrons. The highest BCUT2D eigenvalue weighted by atomic mass is 32.1. The van der Waals surface area contributed by atoms with Crippen LogP contribution in [0.1, 0.15) is 24.5 Å². The third-order valence-electron chi connectivity index (χ3n) is 4.13. The van der Waals surface area contributed by atoms with Crippen LogP contribution in [0.15, 0.2) is 60.9 Å². The summed E-state index contributed by atoms with van der Waals surface area (Å²) in [7, 11) is 0. The van der Waals surface area contributed by atoms with Crippen molar-refractivity contribution in [3.8, 4) is 11.8 Å². The lowest BCUT2D eigenvalue weighted by molar-refractivity contribution is 0.197. The zero-order valence-electron chi connectivity index (χ0n) is 14.7. The molecule has 0 atom stereocenters. The summed E-state index contributed by atoms with van der Waals surface area (Å²) in [6.07, 6.45) is 2.81. The number of benzene rings is 2. The summed E-state index contributed by atoms with van der Waals surface area (Å²) in [5.41, 5.74) is 2.86. The lowest BCUT2D eigenvalue weighted by Crippen LogP contribution is -2.27. The Morgan fingerprint density at radius 1 is 1.12 bits per heavy atom. The largest absolute Gasteiger partial charge is 0.280 e. The van der Waals surface area contributed by atoms with Crippen molar-refractivity contribution in [3.05, 3.63) is 76.8 Å². The van der Waals surface area contributed by atoms with Crippen LogP contribution in [-0.2, 0) is 13.2 Å². The number of nitrogens with zero attached hydrogens (tertiary/aromatic N) is 5. The van der Waals surface area contributed by atoms with Gasteiger partial charge in [0.15, 0.2) is 0 Å². The molecular weight excluding hydrogens is 342 g/mol. The van der Waals surface area contributed by atoms with Crippen molar-refractivity contribution in [2.75, 3.05) is 6.54 Å². The molecule has 6 heteroatoms. The maximum atomic E-state index is 8.93. The summed E-state index contributed by atoms with van der Waals surface area (Å²) in [4.78, 5) is 2.31. The van der Waals surface area contributed by atoms with E-state index in [1.165, 1.54) is 5.56 Å². The second-order valence-corrected chi connectivity index (χ2v) is 6.49. The molecule has 1 aromatic heterocycles. The minimum Gasteiger partial charge on any atom is -0.280 e. The normalized spacial score (nSPS) is 10.8. The first-order valence-electron chi connectivity index (χ1n) is 8.62. The summed E-state index contributed by atoms with van der Waals surface area (Å²) in [6.45, 7) is 4.53. The Morgan fingerprint density at radius 3 is 2.50 bits per heavy atom. The standard InChI is InChI=1S/C20H21N5S/c1-2-12-23(14-18-10-8-17(13-21)9-11-18)16-25-20(26)24(15-22-25)19-6-4-3-5-7-19/h3-11,15H,2,12,14,16H2,1H3. The Morgan fingerprint density at radius 2 is 1.85 bits per heavy atom. The minimum atomic E-state index is 0.631. The van der Waals surface area contributed by atoms with Crippen LogP contribution in [0, 0.1) is 16.1 Å². The second-order valence-electron chi connectivity index (χ2n) is 6.12. The average Bonchev–Trinajstić information content (AvgIpc) is 3.04. The van der Waals surface area contributed by atoms with Gasteiger partial charge in [0.1, 0.15) is 6.33 Å². The molecule has 1 heterocycles. The van der Waals surface area contributed by atoms with Gasteiger partial charge in [-0.1, -0.05) is 37.3 Å². The van der Waals surface area contributed by atoms with Crippen molar-refractivity contribution < 1.29 is 0 Å². The average molecular weight is 363 g/mol.